The van der Waals surface area contributed by atoms with E-state index in [4.69, 9.17) is 14.0 Å². The van der Waals surface area contributed by atoms with Crippen LogP contribution >= 0.6 is 7.52 Å². The van der Waals surface area contributed by atoms with Gasteiger partial charge in [-0.3, -0.25) is 9.36 Å². The van der Waals surface area contributed by atoms with Crippen molar-refractivity contribution in [3.8, 4) is 0 Å². The van der Waals surface area contributed by atoms with Crippen molar-refractivity contribution >= 4 is 13.5 Å². The number of methoxy groups -OCH3 is 1. The molecule has 0 aliphatic heterocycles. The zero-order valence-electron chi connectivity index (χ0n) is 10.7. The average molecular weight is 265 g/mol. The van der Waals surface area contributed by atoms with Gasteiger partial charge in [-0.05, 0) is 20.8 Å². The third kappa shape index (κ3) is 6.46. The van der Waals surface area contributed by atoms with Gasteiger partial charge in [-0.25, -0.2) is 5.09 Å². The van der Waals surface area contributed by atoms with E-state index in [1.54, 1.807) is 20.8 Å². The van der Waals surface area contributed by atoms with E-state index in [2.05, 4.69) is 11.7 Å². The third-order valence-electron chi connectivity index (χ3n) is 1.63. The molecule has 0 rings (SSSR count). The number of carbonyl (C=O) groups is 1. The van der Waals surface area contributed by atoms with Crippen molar-refractivity contribution in [1.29, 1.82) is 0 Å². The molecule has 2 atom stereocenters. The van der Waals surface area contributed by atoms with Gasteiger partial charge in [0.05, 0.1) is 12.4 Å². The second-order valence-electron chi connectivity index (χ2n) is 3.49. The molecule has 0 fully saturated rings. The van der Waals surface area contributed by atoms with E-state index < -0.39 is 19.5 Å². The quantitative estimate of drug-likeness (QED) is 0.410. The van der Waals surface area contributed by atoms with E-state index in [1.807, 2.05) is 0 Å². The molecule has 0 amide bonds. The standard InChI is InChI=1S/C10H20NO5P/c1-6-15-10(12)9(4)11-17(13,7-14-5)16-8(2)3/h9H,2,6-7H2,1,3-5H3,(H,11,13). The van der Waals surface area contributed by atoms with Crippen LogP contribution in [-0.2, 0) is 23.4 Å². The first kappa shape index (κ1) is 16.2. The highest BCUT2D eigenvalue weighted by atomic mass is 31.2. The topological polar surface area (TPSA) is 73.9 Å². The molecular weight excluding hydrogens is 245 g/mol. The summed E-state index contributed by atoms with van der Waals surface area (Å²) in [7, 11) is -1.89. The van der Waals surface area contributed by atoms with Gasteiger partial charge >= 0.3 is 13.5 Å². The molecule has 0 saturated heterocycles. The van der Waals surface area contributed by atoms with Gasteiger partial charge in [0.25, 0.3) is 0 Å². The lowest BCUT2D eigenvalue weighted by Gasteiger charge is -2.22. The van der Waals surface area contributed by atoms with Crippen molar-refractivity contribution in [2.75, 3.05) is 20.1 Å². The molecule has 0 aromatic carbocycles. The average Bonchev–Trinajstić information content (AvgIpc) is 2.16. The van der Waals surface area contributed by atoms with Gasteiger partial charge in [0.15, 0.2) is 0 Å². The SMILES string of the molecule is C=C(C)OP(=O)(COC)NC(C)C(=O)OCC. The molecule has 1 N–H and O–H groups in total. The van der Waals surface area contributed by atoms with Gasteiger partial charge in [-0.1, -0.05) is 6.58 Å². The normalized spacial score (nSPS) is 15.8. The molecule has 0 aliphatic rings. The van der Waals surface area contributed by atoms with Gasteiger partial charge < -0.3 is 14.0 Å². The molecule has 0 spiro atoms. The Labute approximate surface area is 102 Å². The fourth-order valence-corrected chi connectivity index (χ4v) is 2.85. The smallest absolute Gasteiger partial charge is 0.342 e. The highest BCUT2D eigenvalue weighted by Gasteiger charge is 2.29. The summed E-state index contributed by atoms with van der Waals surface area (Å²) in [6.45, 7) is 8.58. The van der Waals surface area contributed by atoms with E-state index >= 15 is 0 Å². The number of allylic oxidation sites excluding steroid dienone is 1. The number of hydrogen-bond acceptors (Lipinski definition) is 5. The predicted octanol–water partition coefficient (Wildman–Crippen LogP) is 1.87. The molecule has 6 nitrogen and oxygen atoms in total. The van der Waals surface area contributed by atoms with Crippen molar-refractivity contribution in [2.45, 2.75) is 26.8 Å². The summed E-state index contributed by atoms with van der Waals surface area (Å²) >= 11 is 0. The zero-order valence-corrected chi connectivity index (χ0v) is 11.6. The molecule has 17 heavy (non-hydrogen) atoms. The number of ether oxygens (including phenoxy) is 2. The number of rotatable bonds is 8. The Balaban J connectivity index is 4.58. The molecule has 0 aliphatic carbocycles. The maximum Gasteiger partial charge on any atom is 0.342 e. The number of hydrogen-bond donors (Lipinski definition) is 1. The van der Waals surface area contributed by atoms with Crippen molar-refractivity contribution in [3.05, 3.63) is 12.3 Å². The van der Waals surface area contributed by atoms with Crippen LogP contribution in [0.15, 0.2) is 12.3 Å². The number of carbonyl (C=O) groups excluding carboxylic acids is 1. The van der Waals surface area contributed by atoms with Crippen LogP contribution in [-0.4, -0.2) is 32.1 Å². The molecular formula is C10H20NO5P. The van der Waals surface area contributed by atoms with Gasteiger partial charge in [0.2, 0.25) is 0 Å². The molecule has 0 aromatic rings. The van der Waals surface area contributed by atoms with Gasteiger partial charge in [-0.2, -0.15) is 0 Å². The third-order valence-corrected chi connectivity index (χ3v) is 3.62. The summed E-state index contributed by atoms with van der Waals surface area (Å²) in [6.07, 6.45) is -0.149. The fraction of sp³-hybridized carbons (Fsp3) is 0.700. The van der Waals surface area contributed by atoms with Gasteiger partial charge in [-0.15, -0.1) is 0 Å². The van der Waals surface area contributed by atoms with Crippen LogP contribution in [0.5, 0.6) is 0 Å². The van der Waals surface area contributed by atoms with Crippen LogP contribution in [0.2, 0.25) is 0 Å². The molecule has 0 aromatic heterocycles. The van der Waals surface area contributed by atoms with Crippen molar-refractivity contribution < 1.29 is 23.4 Å². The minimum Gasteiger partial charge on any atom is -0.465 e. The summed E-state index contributed by atoms with van der Waals surface area (Å²) in [6, 6.07) is -0.740. The Morgan fingerprint density at radius 1 is 1.53 bits per heavy atom. The van der Waals surface area contributed by atoms with E-state index in [0.29, 0.717) is 0 Å². The lowest BCUT2D eigenvalue weighted by Crippen LogP contribution is -2.34. The maximum absolute atomic E-state index is 12.2. The molecule has 0 radical (unpaired) electrons. The van der Waals surface area contributed by atoms with Gasteiger partial charge in [0.1, 0.15) is 12.4 Å². The van der Waals surface area contributed by atoms with Crippen molar-refractivity contribution in [1.82, 2.24) is 5.09 Å². The largest absolute Gasteiger partial charge is 0.465 e. The Hall–Kier alpha value is -0.840. The molecule has 0 bridgehead atoms. The van der Waals surface area contributed by atoms with E-state index in [0.717, 1.165) is 0 Å². The summed E-state index contributed by atoms with van der Waals surface area (Å²) in [5.74, 6) is -0.205. The lowest BCUT2D eigenvalue weighted by molar-refractivity contribution is -0.144. The summed E-state index contributed by atoms with van der Waals surface area (Å²) in [4.78, 5) is 11.4. The first-order valence-corrected chi connectivity index (χ1v) is 7.03. The maximum atomic E-state index is 12.2. The minimum atomic E-state index is -3.28. The van der Waals surface area contributed by atoms with Crippen LogP contribution in [0, 0.1) is 0 Å². The lowest BCUT2D eigenvalue weighted by atomic mass is 10.4. The highest BCUT2D eigenvalue weighted by molar-refractivity contribution is 7.56. The highest BCUT2D eigenvalue weighted by Crippen LogP contribution is 2.44. The van der Waals surface area contributed by atoms with Crippen molar-refractivity contribution in [3.63, 3.8) is 0 Å². The molecule has 7 heteroatoms. The Morgan fingerprint density at radius 2 is 2.12 bits per heavy atom. The van der Waals surface area contributed by atoms with Gasteiger partial charge in [0, 0.05) is 7.11 Å². The van der Waals surface area contributed by atoms with Crippen LogP contribution in [0.4, 0.5) is 0 Å². The second-order valence-corrected chi connectivity index (χ2v) is 5.53. The Bertz CT molecular complexity index is 318. The predicted molar refractivity (Wildman–Crippen MR) is 64.6 cm³/mol. The summed E-state index contributed by atoms with van der Waals surface area (Å²) < 4.78 is 26.9. The Morgan fingerprint density at radius 3 is 2.53 bits per heavy atom. The van der Waals surface area contributed by atoms with E-state index in [1.165, 1.54) is 7.11 Å². The second kappa shape index (κ2) is 7.48. The number of esters is 1. The van der Waals surface area contributed by atoms with Crippen LogP contribution in [0.25, 0.3) is 0 Å². The summed E-state index contributed by atoms with van der Waals surface area (Å²) in [5, 5.41) is 2.58. The first-order valence-electron chi connectivity index (χ1n) is 5.22. The molecule has 2 unspecified atom stereocenters. The fourth-order valence-electron chi connectivity index (χ4n) is 1.13. The Kier molecular flexibility index (Phi) is 7.11. The first-order chi connectivity index (χ1) is 7.84. The molecule has 0 heterocycles. The summed E-state index contributed by atoms with van der Waals surface area (Å²) in [5.41, 5.74) is 0. The van der Waals surface area contributed by atoms with E-state index in [-0.39, 0.29) is 18.7 Å². The number of nitrogens with one attached hydrogen (secondary N) is 1. The molecule has 0 saturated carbocycles. The van der Waals surface area contributed by atoms with Crippen LogP contribution < -0.4 is 5.09 Å². The minimum absolute atomic E-state index is 0.149. The van der Waals surface area contributed by atoms with E-state index in [9.17, 15) is 9.36 Å². The van der Waals surface area contributed by atoms with Crippen molar-refractivity contribution in [2.24, 2.45) is 0 Å². The molecule has 100 valence electrons. The van der Waals surface area contributed by atoms with Crippen LogP contribution in [0.3, 0.4) is 0 Å². The monoisotopic (exact) mass is 265 g/mol. The zero-order chi connectivity index (χ0) is 13.5. The van der Waals surface area contributed by atoms with Crippen LogP contribution in [0.1, 0.15) is 20.8 Å².